The number of aryl methyl sites for hydroxylation is 2. The van der Waals surface area contributed by atoms with E-state index in [1.807, 2.05) is 6.07 Å². The number of para-hydroxylation sites is 1. The van der Waals surface area contributed by atoms with Crippen LogP contribution >= 0.6 is 0 Å². The van der Waals surface area contributed by atoms with Crippen LogP contribution in [0.4, 0.5) is 5.69 Å². The zero-order valence-electron chi connectivity index (χ0n) is 13.0. The minimum Gasteiger partial charge on any atom is -0.408 e. The predicted octanol–water partition coefficient (Wildman–Crippen LogP) is 2.27. The Balaban J connectivity index is 2.19. The van der Waals surface area contributed by atoms with Crippen LogP contribution in [0.3, 0.4) is 0 Å². The lowest BCUT2D eigenvalue weighted by Gasteiger charge is -2.20. The topological polar surface area (TPSA) is 72.5 Å². The van der Waals surface area contributed by atoms with Crippen molar-refractivity contribution < 1.29 is 12.8 Å². The molecule has 3 rings (SSSR count). The van der Waals surface area contributed by atoms with Gasteiger partial charge in [0, 0.05) is 20.2 Å². The van der Waals surface area contributed by atoms with Crippen LogP contribution in [0.5, 0.6) is 0 Å². The van der Waals surface area contributed by atoms with Gasteiger partial charge in [0.05, 0.1) is 16.1 Å². The Morgan fingerprint density at radius 3 is 2.43 bits per heavy atom. The fourth-order valence-corrected chi connectivity index (χ4v) is 3.88. The lowest BCUT2D eigenvalue weighted by atomic mass is 10.2. The van der Waals surface area contributed by atoms with Crippen molar-refractivity contribution in [2.24, 2.45) is 7.05 Å². The number of nitrogens with zero attached hydrogens (tertiary/aromatic N) is 2. The van der Waals surface area contributed by atoms with Crippen LogP contribution in [-0.4, -0.2) is 20.0 Å². The van der Waals surface area contributed by atoms with Crippen LogP contribution in [0.25, 0.3) is 11.1 Å². The van der Waals surface area contributed by atoms with Gasteiger partial charge in [-0.05, 0) is 30.7 Å². The molecule has 3 aromatic rings. The van der Waals surface area contributed by atoms with Gasteiger partial charge in [-0.25, -0.2) is 13.2 Å². The van der Waals surface area contributed by atoms with Gasteiger partial charge < -0.3 is 4.42 Å². The Morgan fingerprint density at radius 2 is 1.78 bits per heavy atom. The number of hydrogen-bond donors (Lipinski definition) is 0. The highest BCUT2D eigenvalue weighted by atomic mass is 32.2. The highest BCUT2D eigenvalue weighted by molar-refractivity contribution is 7.92. The molecule has 0 radical (unpaired) electrons. The standard InChI is InChI=1S/C16H16N2O4S/c1-11-9-13-14(22-16(19)17(13)2)10-15(11)23(20,21)18(3)12-7-5-4-6-8-12/h4-10H,1-3H3. The zero-order valence-corrected chi connectivity index (χ0v) is 13.8. The summed E-state index contributed by atoms with van der Waals surface area (Å²) in [5.74, 6) is -0.523. The van der Waals surface area contributed by atoms with E-state index in [0.717, 1.165) is 0 Å². The molecule has 120 valence electrons. The summed E-state index contributed by atoms with van der Waals surface area (Å²) in [6.45, 7) is 1.70. The molecule has 0 bridgehead atoms. The summed E-state index contributed by atoms with van der Waals surface area (Å²) in [6, 6.07) is 11.8. The largest absolute Gasteiger partial charge is 0.419 e. The molecule has 0 aliphatic heterocycles. The van der Waals surface area contributed by atoms with E-state index in [9.17, 15) is 13.2 Å². The highest BCUT2D eigenvalue weighted by Crippen LogP contribution is 2.27. The van der Waals surface area contributed by atoms with Crippen molar-refractivity contribution in [3.63, 3.8) is 0 Å². The third-order valence-corrected chi connectivity index (χ3v) is 5.77. The Hall–Kier alpha value is -2.54. The maximum absolute atomic E-state index is 12.9. The van der Waals surface area contributed by atoms with Crippen molar-refractivity contribution in [3.05, 3.63) is 58.6 Å². The average Bonchev–Trinajstić information content (AvgIpc) is 2.81. The van der Waals surface area contributed by atoms with Crippen molar-refractivity contribution >= 4 is 26.8 Å². The maximum atomic E-state index is 12.9. The summed E-state index contributed by atoms with van der Waals surface area (Å²) < 4.78 is 33.4. The third-order valence-electron chi connectivity index (χ3n) is 3.85. The Labute approximate surface area is 133 Å². The van der Waals surface area contributed by atoms with E-state index in [2.05, 4.69) is 0 Å². The molecule has 6 nitrogen and oxygen atoms in total. The van der Waals surface area contributed by atoms with Crippen molar-refractivity contribution in [1.29, 1.82) is 0 Å². The van der Waals surface area contributed by atoms with Crippen LogP contribution < -0.4 is 10.1 Å². The number of rotatable bonds is 3. The van der Waals surface area contributed by atoms with E-state index in [1.165, 1.54) is 22.0 Å². The van der Waals surface area contributed by atoms with Gasteiger partial charge in [-0.15, -0.1) is 0 Å². The van der Waals surface area contributed by atoms with E-state index in [0.29, 0.717) is 16.8 Å². The highest BCUT2D eigenvalue weighted by Gasteiger charge is 2.25. The van der Waals surface area contributed by atoms with Crippen LogP contribution in [0.2, 0.25) is 0 Å². The second-order valence-electron chi connectivity index (χ2n) is 5.32. The normalized spacial score (nSPS) is 11.8. The molecular weight excluding hydrogens is 316 g/mol. The van der Waals surface area contributed by atoms with E-state index in [-0.39, 0.29) is 10.5 Å². The molecule has 1 heterocycles. The monoisotopic (exact) mass is 332 g/mol. The Bertz CT molecular complexity index is 1030. The minimum atomic E-state index is -3.76. The van der Waals surface area contributed by atoms with E-state index in [4.69, 9.17) is 4.42 Å². The number of hydrogen-bond acceptors (Lipinski definition) is 4. The van der Waals surface area contributed by atoms with E-state index < -0.39 is 15.8 Å². The molecule has 0 saturated carbocycles. The molecule has 0 aliphatic rings. The number of aromatic nitrogens is 1. The van der Waals surface area contributed by atoms with Gasteiger partial charge in [0.2, 0.25) is 0 Å². The van der Waals surface area contributed by atoms with Crippen molar-refractivity contribution in [3.8, 4) is 0 Å². The second-order valence-corrected chi connectivity index (χ2v) is 7.26. The van der Waals surface area contributed by atoms with Gasteiger partial charge in [0.1, 0.15) is 0 Å². The molecule has 2 aromatic carbocycles. The quantitative estimate of drug-likeness (QED) is 0.737. The zero-order chi connectivity index (χ0) is 16.8. The molecule has 0 unspecified atom stereocenters. The summed E-state index contributed by atoms with van der Waals surface area (Å²) in [5, 5.41) is 0. The van der Waals surface area contributed by atoms with Crippen molar-refractivity contribution in [1.82, 2.24) is 4.57 Å². The fourth-order valence-electron chi connectivity index (χ4n) is 2.46. The summed E-state index contributed by atoms with van der Waals surface area (Å²) in [7, 11) is -0.679. The molecule has 0 aliphatic carbocycles. The lowest BCUT2D eigenvalue weighted by molar-refractivity contribution is 0.527. The molecule has 0 amide bonds. The van der Waals surface area contributed by atoms with Crippen LogP contribution in [0.15, 0.2) is 56.6 Å². The molecule has 0 fully saturated rings. The molecule has 0 spiro atoms. The van der Waals surface area contributed by atoms with Crippen LogP contribution in [0, 0.1) is 6.92 Å². The van der Waals surface area contributed by atoms with Crippen molar-refractivity contribution in [2.45, 2.75) is 11.8 Å². The van der Waals surface area contributed by atoms with E-state index >= 15 is 0 Å². The van der Waals surface area contributed by atoms with Crippen LogP contribution in [-0.2, 0) is 17.1 Å². The number of benzene rings is 2. The second kappa shape index (κ2) is 5.27. The van der Waals surface area contributed by atoms with Gasteiger partial charge >= 0.3 is 5.76 Å². The number of fused-ring (bicyclic) bond motifs is 1. The first-order valence-electron chi connectivity index (χ1n) is 6.96. The first-order chi connectivity index (χ1) is 10.8. The van der Waals surface area contributed by atoms with Gasteiger partial charge in [0.15, 0.2) is 5.58 Å². The third kappa shape index (κ3) is 2.43. The molecule has 0 N–H and O–H groups in total. The first kappa shape index (κ1) is 15.4. The molecular formula is C16H16N2O4S. The summed E-state index contributed by atoms with van der Waals surface area (Å²) in [5.41, 5.74) is 1.93. The molecule has 0 saturated heterocycles. The van der Waals surface area contributed by atoms with Gasteiger partial charge in [-0.1, -0.05) is 18.2 Å². The molecule has 23 heavy (non-hydrogen) atoms. The lowest BCUT2D eigenvalue weighted by Crippen LogP contribution is -2.27. The number of oxazole rings is 1. The van der Waals surface area contributed by atoms with Crippen molar-refractivity contribution in [2.75, 3.05) is 11.4 Å². The van der Waals surface area contributed by atoms with Crippen LogP contribution in [0.1, 0.15) is 5.56 Å². The summed E-state index contributed by atoms with van der Waals surface area (Å²) in [4.78, 5) is 11.7. The van der Waals surface area contributed by atoms with E-state index in [1.54, 1.807) is 44.3 Å². The predicted molar refractivity (Wildman–Crippen MR) is 88.2 cm³/mol. The van der Waals surface area contributed by atoms with Gasteiger partial charge in [-0.2, -0.15) is 0 Å². The average molecular weight is 332 g/mol. The SMILES string of the molecule is Cc1cc2c(cc1S(=O)(=O)N(C)c1ccccc1)oc(=O)n2C. The fraction of sp³-hybridized carbons (Fsp3) is 0.188. The van der Waals surface area contributed by atoms with Gasteiger partial charge in [0.25, 0.3) is 10.0 Å². The number of sulfonamides is 1. The summed E-state index contributed by atoms with van der Waals surface area (Å²) in [6.07, 6.45) is 0. The molecule has 7 heteroatoms. The first-order valence-corrected chi connectivity index (χ1v) is 8.40. The number of anilines is 1. The Kier molecular flexibility index (Phi) is 3.52. The maximum Gasteiger partial charge on any atom is 0.419 e. The summed E-state index contributed by atoms with van der Waals surface area (Å²) >= 11 is 0. The smallest absolute Gasteiger partial charge is 0.408 e. The molecule has 1 aromatic heterocycles. The van der Waals surface area contributed by atoms with Gasteiger partial charge in [-0.3, -0.25) is 8.87 Å². The minimum absolute atomic E-state index is 0.116. The Morgan fingerprint density at radius 1 is 1.13 bits per heavy atom. The molecule has 0 atom stereocenters.